The molecule has 6 heteroatoms. The molecule has 1 aromatic carbocycles. The lowest BCUT2D eigenvalue weighted by Gasteiger charge is -2.17. The van der Waals surface area contributed by atoms with E-state index in [9.17, 15) is 4.79 Å². The molecule has 0 radical (unpaired) electrons. The van der Waals surface area contributed by atoms with E-state index in [1.165, 1.54) is 12.8 Å². The molecule has 28 heavy (non-hydrogen) atoms. The van der Waals surface area contributed by atoms with Gasteiger partial charge >= 0.3 is 0 Å². The van der Waals surface area contributed by atoms with Crippen molar-refractivity contribution in [3.63, 3.8) is 0 Å². The van der Waals surface area contributed by atoms with Gasteiger partial charge in [0.25, 0.3) is 5.91 Å². The van der Waals surface area contributed by atoms with Crippen molar-refractivity contribution in [2.45, 2.75) is 38.3 Å². The first kappa shape index (κ1) is 18.7. The number of nitrogens with zero attached hydrogens (tertiary/aromatic N) is 2. The van der Waals surface area contributed by atoms with Gasteiger partial charge in [-0.2, -0.15) is 0 Å². The molecule has 1 atom stereocenters. The third-order valence-corrected chi connectivity index (χ3v) is 5.27. The van der Waals surface area contributed by atoms with Crippen molar-refractivity contribution >= 4 is 11.7 Å². The first-order valence-corrected chi connectivity index (χ1v) is 10.1. The van der Waals surface area contributed by atoms with Gasteiger partial charge in [-0.25, -0.2) is 4.98 Å². The number of nitrogens with one attached hydrogen (secondary N) is 1. The Balaban J connectivity index is 1.36. The maximum absolute atomic E-state index is 12.7. The van der Waals surface area contributed by atoms with Crippen molar-refractivity contribution in [1.29, 1.82) is 0 Å². The zero-order chi connectivity index (χ0) is 19.2. The van der Waals surface area contributed by atoms with E-state index >= 15 is 0 Å². The lowest BCUT2D eigenvalue weighted by molar-refractivity contribution is 0.0670. The average Bonchev–Trinajstić information content (AvgIpc) is 3.45. The van der Waals surface area contributed by atoms with Gasteiger partial charge in [0, 0.05) is 32.4 Å². The Kier molecular flexibility index (Phi) is 6.07. The average molecular weight is 381 g/mol. The van der Waals surface area contributed by atoms with Crippen LogP contribution in [-0.4, -0.2) is 43.3 Å². The fraction of sp³-hybridized carbons (Fsp3) is 0.455. The zero-order valence-corrected chi connectivity index (χ0v) is 16.1. The summed E-state index contributed by atoms with van der Waals surface area (Å²) in [6.45, 7) is 3.84. The Morgan fingerprint density at radius 1 is 1.21 bits per heavy atom. The van der Waals surface area contributed by atoms with Gasteiger partial charge in [-0.1, -0.05) is 12.1 Å². The van der Waals surface area contributed by atoms with Crippen molar-refractivity contribution in [1.82, 2.24) is 10.3 Å². The van der Waals surface area contributed by atoms with Crippen LogP contribution in [0.15, 0.2) is 42.6 Å². The summed E-state index contributed by atoms with van der Waals surface area (Å²) in [6.07, 6.45) is 6.44. The molecule has 4 rings (SSSR count). The van der Waals surface area contributed by atoms with Crippen molar-refractivity contribution < 1.29 is 14.3 Å². The molecular weight excluding hydrogens is 354 g/mol. The molecule has 0 bridgehead atoms. The fourth-order valence-corrected chi connectivity index (χ4v) is 3.71. The topological polar surface area (TPSA) is 63.7 Å². The minimum Gasteiger partial charge on any atom is -0.490 e. The van der Waals surface area contributed by atoms with Crippen LogP contribution in [0.5, 0.6) is 5.75 Å². The molecule has 0 aliphatic carbocycles. The SMILES string of the molecule is O=C(NCc1ccnc(N2CCCC2)c1)c1ccccc1OCC1CCCO1. The van der Waals surface area contributed by atoms with E-state index in [0.717, 1.165) is 43.9 Å². The van der Waals surface area contributed by atoms with Crippen LogP contribution < -0.4 is 15.0 Å². The molecule has 6 nitrogen and oxygen atoms in total. The molecule has 2 saturated heterocycles. The highest BCUT2D eigenvalue weighted by atomic mass is 16.5. The number of ether oxygens (including phenoxy) is 2. The summed E-state index contributed by atoms with van der Waals surface area (Å²) in [4.78, 5) is 19.5. The highest BCUT2D eigenvalue weighted by molar-refractivity contribution is 5.96. The van der Waals surface area contributed by atoms with E-state index in [1.54, 1.807) is 6.07 Å². The van der Waals surface area contributed by atoms with Crippen LogP contribution in [0.2, 0.25) is 0 Å². The molecule has 1 unspecified atom stereocenters. The molecular formula is C22H27N3O3. The summed E-state index contributed by atoms with van der Waals surface area (Å²) in [6, 6.07) is 11.4. The van der Waals surface area contributed by atoms with Gasteiger partial charge in [-0.3, -0.25) is 4.79 Å². The van der Waals surface area contributed by atoms with Crippen molar-refractivity contribution in [3.05, 3.63) is 53.7 Å². The number of pyridine rings is 1. The summed E-state index contributed by atoms with van der Waals surface area (Å²) >= 11 is 0. The highest BCUT2D eigenvalue weighted by Gasteiger charge is 2.18. The lowest BCUT2D eigenvalue weighted by Crippen LogP contribution is -2.25. The van der Waals surface area contributed by atoms with Crippen LogP contribution >= 0.6 is 0 Å². The van der Waals surface area contributed by atoms with Crippen molar-refractivity contribution in [2.24, 2.45) is 0 Å². The van der Waals surface area contributed by atoms with Crippen molar-refractivity contribution in [3.8, 4) is 5.75 Å². The number of amides is 1. The molecule has 2 aliphatic heterocycles. The van der Waals surface area contributed by atoms with Gasteiger partial charge in [0.05, 0.1) is 11.7 Å². The van der Waals surface area contributed by atoms with Crippen LogP contribution in [0, 0.1) is 0 Å². The standard InChI is InChI=1S/C22H27N3O3/c26-22(19-7-1-2-8-20(19)28-16-18-6-5-13-27-18)24-15-17-9-10-23-21(14-17)25-11-3-4-12-25/h1-2,7-10,14,18H,3-6,11-13,15-16H2,(H,24,26). The van der Waals surface area contributed by atoms with E-state index in [4.69, 9.17) is 9.47 Å². The first-order chi connectivity index (χ1) is 13.8. The molecule has 0 spiro atoms. The van der Waals surface area contributed by atoms with Crippen molar-refractivity contribution in [2.75, 3.05) is 31.2 Å². The predicted octanol–water partition coefficient (Wildman–Crippen LogP) is 3.17. The molecule has 0 saturated carbocycles. The highest BCUT2D eigenvalue weighted by Crippen LogP contribution is 2.21. The summed E-state index contributed by atoms with van der Waals surface area (Å²) in [7, 11) is 0. The van der Waals surface area contributed by atoms with Gasteiger partial charge < -0.3 is 19.7 Å². The monoisotopic (exact) mass is 381 g/mol. The Morgan fingerprint density at radius 3 is 2.89 bits per heavy atom. The van der Waals surface area contributed by atoms with Crippen LogP contribution in [0.3, 0.4) is 0 Å². The fourth-order valence-electron chi connectivity index (χ4n) is 3.71. The van der Waals surface area contributed by atoms with E-state index in [1.807, 2.05) is 30.5 Å². The molecule has 2 fully saturated rings. The smallest absolute Gasteiger partial charge is 0.255 e. The molecule has 2 aromatic rings. The number of benzene rings is 1. The Bertz CT molecular complexity index is 799. The minimum atomic E-state index is -0.137. The van der Waals surface area contributed by atoms with E-state index in [-0.39, 0.29) is 12.0 Å². The molecule has 1 N–H and O–H groups in total. The second-order valence-corrected chi connectivity index (χ2v) is 7.34. The maximum atomic E-state index is 12.7. The zero-order valence-electron chi connectivity index (χ0n) is 16.1. The van der Waals surface area contributed by atoms with Gasteiger partial charge in [0.1, 0.15) is 18.2 Å². The number of hydrogen-bond acceptors (Lipinski definition) is 5. The number of carbonyl (C=O) groups is 1. The largest absolute Gasteiger partial charge is 0.490 e. The summed E-state index contributed by atoms with van der Waals surface area (Å²) < 4.78 is 11.5. The first-order valence-electron chi connectivity index (χ1n) is 10.1. The normalized spacial score (nSPS) is 19.0. The molecule has 148 valence electrons. The van der Waals surface area contributed by atoms with Gasteiger partial charge in [-0.05, 0) is 55.5 Å². The number of aromatic nitrogens is 1. The molecule has 1 amide bonds. The summed E-state index contributed by atoms with van der Waals surface area (Å²) in [5.74, 6) is 1.45. The molecule has 1 aromatic heterocycles. The van der Waals surface area contributed by atoms with Crippen LogP contribution in [0.4, 0.5) is 5.82 Å². The molecule has 2 aliphatic rings. The number of rotatable bonds is 7. The lowest BCUT2D eigenvalue weighted by atomic mass is 10.1. The van der Waals surface area contributed by atoms with Crippen LogP contribution in [0.1, 0.15) is 41.6 Å². The Labute approximate surface area is 165 Å². The van der Waals surface area contributed by atoms with E-state index in [0.29, 0.717) is 24.5 Å². The van der Waals surface area contributed by atoms with E-state index in [2.05, 4.69) is 21.3 Å². The number of hydrogen-bond donors (Lipinski definition) is 1. The predicted molar refractivity (Wildman–Crippen MR) is 108 cm³/mol. The summed E-state index contributed by atoms with van der Waals surface area (Å²) in [5, 5.41) is 3.00. The third kappa shape index (κ3) is 4.62. The summed E-state index contributed by atoms with van der Waals surface area (Å²) in [5.41, 5.74) is 1.59. The second kappa shape index (κ2) is 9.06. The van der Waals surface area contributed by atoms with Gasteiger partial charge in [0.2, 0.25) is 0 Å². The third-order valence-electron chi connectivity index (χ3n) is 5.27. The molecule has 3 heterocycles. The van der Waals surface area contributed by atoms with Crippen LogP contribution in [0.25, 0.3) is 0 Å². The minimum absolute atomic E-state index is 0.122. The number of para-hydroxylation sites is 1. The van der Waals surface area contributed by atoms with E-state index < -0.39 is 0 Å². The maximum Gasteiger partial charge on any atom is 0.255 e. The Morgan fingerprint density at radius 2 is 2.07 bits per heavy atom. The number of anilines is 1. The van der Waals surface area contributed by atoms with Gasteiger partial charge in [-0.15, -0.1) is 0 Å². The Hall–Kier alpha value is -2.60. The quantitative estimate of drug-likeness (QED) is 0.798. The second-order valence-electron chi connectivity index (χ2n) is 7.34. The van der Waals surface area contributed by atoms with Gasteiger partial charge in [0.15, 0.2) is 0 Å². The number of carbonyl (C=O) groups excluding carboxylic acids is 1. The van der Waals surface area contributed by atoms with Crippen LogP contribution in [-0.2, 0) is 11.3 Å².